The maximum Gasteiger partial charge on any atom is 0.349 e. The first-order valence-corrected chi connectivity index (χ1v) is 6.58. The second-order valence-electron chi connectivity index (χ2n) is 4.63. The van der Waals surface area contributed by atoms with Crippen LogP contribution in [0.3, 0.4) is 0 Å². The number of anilines is 1. The van der Waals surface area contributed by atoms with Crippen molar-refractivity contribution in [3.05, 3.63) is 16.3 Å². The highest BCUT2D eigenvalue weighted by atomic mass is 16.6. The number of nitro groups is 1. The molecular weight excluding hydrogens is 248 g/mol. The highest BCUT2D eigenvalue weighted by molar-refractivity contribution is 5.43. The average Bonchev–Trinajstić information content (AvgIpc) is 2.89. The standard InChI is InChI=1S/C12H18N4O3/c1-2-13-12-14-7-10(16(17)18)11(15-12)19-8-9-5-3-4-6-9/h7,9H,2-6,8H2,1H3,(H,13,14,15). The van der Waals surface area contributed by atoms with E-state index in [0.717, 1.165) is 12.8 Å². The number of hydrogen-bond donors (Lipinski definition) is 1. The average molecular weight is 266 g/mol. The van der Waals surface area contributed by atoms with Crippen LogP contribution in [0.4, 0.5) is 11.6 Å². The minimum Gasteiger partial charge on any atom is -0.472 e. The van der Waals surface area contributed by atoms with Crippen molar-refractivity contribution in [2.75, 3.05) is 18.5 Å². The predicted octanol–water partition coefficient (Wildman–Crippen LogP) is 2.39. The van der Waals surface area contributed by atoms with Gasteiger partial charge in [0.05, 0.1) is 11.5 Å². The zero-order chi connectivity index (χ0) is 13.7. The molecule has 7 heteroatoms. The van der Waals surface area contributed by atoms with Crippen molar-refractivity contribution in [1.82, 2.24) is 9.97 Å². The van der Waals surface area contributed by atoms with Crippen molar-refractivity contribution >= 4 is 11.6 Å². The van der Waals surface area contributed by atoms with Gasteiger partial charge in [0.25, 0.3) is 5.88 Å². The van der Waals surface area contributed by atoms with Crippen LogP contribution in [-0.2, 0) is 0 Å². The van der Waals surface area contributed by atoms with Crippen LogP contribution < -0.4 is 10.1 Å². The van der Waals surface area contributed by atoms with Crippen LogP contribution in [0.5, 0.6) is 5.88 Å². The summed E-state index contributed by atoms with van der Waals surface area (Å²) in [4.78, 5) is 18.3. The Morgan fingerprint density at radius 3 is 2.89 bits per heavy atom. The molecule has 0 amide bonds. The lowest BCUT2D eigenvalue weighted by atomic mass is 10.1. The van der Waals surface area contributed by atoms with E-state index in [2.05, 4.69) is 15.3 Å². The zero-order valence-electron chi connectivity index (χ0n) is 11.0. The SMILES string of the molecule is CCNc1ncc([N+](=O)[O-])c(OCC2CCCC2)n1. The minimum atomic E-state index is -0.514. The van der Waals surface area contributed by atoms with Crippen molar-refractivity contribution in [2.45, 2.75) is 32.6 Å². The first-order chi connectivity index (χ1) is 9.20. The van der Waals surface area contributed by atoms with Gasteiger partial charge in [-0.15, -0.1) is 0 Å². The van der Waals surface area contributed by atoms with Crippen molar-refractivity contribution in [2.24, 2.45) is 5.92 Å². The second kappa shape index (κ2) is 6.31. The van der Waals surface area contributed by atoms with E-state index < -0.39 is 4.92 Å². The van der Waals surface area contributed by atoms with Gasteiger partial charge in [0.15, 0.2) is 0 Å². The van der Waals surface area contributed by atoms with E-state index in [1.165, 1.54) is 19.0 Å². The number of nitrogens with zero attached hydrogens (tertiary/aromatic N) is 3. The van der Waals surface area contributed by atoms with E-state index in [1.54, 1.807) is 0 Å². The predicted molar refractivity (Wildman–Crippen MR) is 70.3 cm³/mol. The maximum absolute atomic E-state index is 10.9. The minimum absolute atomic E-state index is 0.0582. The molecule has 1 N–H and O–H groups in total. The van der Waals surface area contributed by atoms with Crippen molar-refractivity contribution in [3.63, 3.8) is 0 Å². The molecule has 0 bridgehead atoms. The summed E-state index contributed by atoms with van der Waals surface area (Å²) in [5, 5.41) is 13.8. The quantitative estimate of drug-likeness (QED) is 0.628. The maximum atomic E-state index is 10.9. The summed E-state index contributed by atoms with van der Waals surface area (Å²) >= 11 is 0. The van der Waals surface area contributed by atoms with Gasteiger partial charge in [0, 0.05) is 6.54 Å². The number of hydrogen-bond acceptors (Lipinski definition) is 6. The van der Waals surface area contributed by atoms with Gasteiger partial charge >= 0.3 is 5.69 Å². The summed E-state index contributed by atoms with van der Waals surface area (Å²) in [6, 6.07) is 0. The summed E-state index contributed by atoms with van der Waals surface area (Å²) in [6.07, 6.45) is 5.86. The molecular formula is C12H18N4O3. The molecule has 104 valence electrons. The molecule has 1 aromatic rings. The van der Waals surface area contributed by atoms with Gasteiger partial charge in [0.2, 0.25) is 5.95 Å². The monoisotopic (exact) mass is 266 g/mol. The molecule has 1 fully saturated rings. The lowest BCUT2D eigenvalue weighted by molar-refractivity contribution is -0.386. The lowest BCUT2D eigenvalue weighted by Crippen LogP contribution is -2.12. The van der Waals surface area contributed by atoms with Gasteiger partial charge < -0.3 is 10.1 Å². The lowest BCUT2D eigenvalue weighted by Gasteiger charge is -2.11. The summed E-state index contributed by atoms with van der Waals surface area (Å²) in [5.74, 6) is 0.898. The molecule has 0 aromatic carbocycles. The van der Waals surface area contributed by atoms with E-state index in [-0.39, 0.29) is 11.6 Å². The van der Waals surface area contributed by atoms with E-state index in [4.69, 9.17) is 4.74 Å². The normalized spacial score (nSPS) is 15.4. The molecule has 1 saturated carbocycles. The summed E-state index contributed by atoms with van der Waals surface area (Å²) in [7, 11) is 0. The molecule has 1 aliphatic rings. The van der Waals surface area contributed by atoms with E-state index in [9.17, 15) is 10.1 Å². The molecule has 0 atom stereocenters. The number of nitrogens with one attached hydrogen (secondary N) is 1. The Morgan fingerprint density at radius 1 is 1.53 bits per heavy atom. The molecule has 1 aromatic heterocycles. The highest BCUT2D eigenvalue weighted by Gasteiger charge is 2.22. The van der Waals surface area contributed by atoms with Gasteiger partial charge in [-0.1, -0.05) is 12.8 Å². The van der Waals surface area contributed by atoms with Crippen LogP contribution in [0.2, 0.25) is 0 Å². The summed E-state index contributed by atoms with van der Waals surface area (Å²) < 4.78 is 5.54. The molecule has 0 aliphatic heterocycles. The van der Waals surface area contributed by atoms with Gasteiger partial charge in [-0.2, -0.15) is 4.98 Å². The first-order valence-electron chi connectivity index (χ1n) is 6.58. The molecule has 0 spiro atoms. The molecule has 19 heavy (non-hydrogen) atoms. The fourth-order valence-corrected chi connectivity index (χ4v) is 2.21. The van der Waals surface area contributed by atoms with Crippen LogP contribution in [0.25, 0.3) is 0 Å². The fourth-order valence-electron chi connectivity index (χ4n) is 2.21. The van der Waals surface area contributed by atoms with E-state index in [1.807, 2.05) is 6.92 Å². The first kappa shape index (κ1) is 13.5. The van der Waals surface area contributed by atoms with E-state index in [0.29, 0.717) is 25.0 Å². The zero-order valence-corrected chi connectivity index (χ0v) is 11.0. The Kier molecular flexibility index (Phi) is 4.48. The second-order valence-corrected chi connectivity index (χ2v) is 4.63. The highest BCUT2D eigenvalue weighted by Crippen LogP contribution is 2.28. The Hall–Kier alpha value is -1.92. The van der Waals surface area contributed by atoms with Crippen LogP contribution in [0.1, 0.15) is 32.6 Å². The summed E-state index contributed by atoms with van der Waals surface area (Å²) in [5.41, 5.74) is -0.181. The van der Waals surface area contributed by atoms with Gasteiger partial charge in [-0.3, -0.25) is 10.1 Å². The van der Waals surface area contributed by atoms with Crippen LogP contribution in [0.15, 0.2) is 6.20 Å². The van der Waals surface area contributed by atoms with Crippen LogP contribution in [-0.4, -0.2) is 28.0 Å². The number of aromatic nitrogens is 2. The largest absolute Gasteiger partial charge is 0.472 e. The van der Waals surface area contributed by atoms with E-state index >= 15 is 0 Å². The third-order valence-electron chi connectivity index (χ3n) is 3.20. The molecule has 0 unspecified atom stereocenters. The van der Waals surface area contributed by atoms with Gasteiger partial charge in [-0.05, 0) is 25.7 Å². The summed E-state index contributed by atoms with van der Waals surface area (Å²) in [6.45, 7) is 3.05. The van der Waals surface area contributed by atoms with Gasteiger partial charge in [-0.25, -0.2) is 4.98 Å². The van der Waals surface area contributed by atoms with Crippen molar-refractivity contribution in [3.8, 4) is 5.88 Å². The third kappa shape index (κ3) is 3.52. The molecule has 0 saturated heterocycles. The smallest absolute Gasteiger partial charge is 0.349 e. The van der Waals surface area contributed by atoms with Gasteiger partial charge in [0.1, 0.15) is 6.20 Å². The Labute approximate surface area is 111 Å². The fraction of sp³-hybridized carbons (Fsp3) is 0.667. The molecule has 7 nitrogen and oxygen atoms in total. The molecule has 1 heterocycles. The van der Waals surface area contributed by atoms with Crippen LogP contribution >= 0.6 is 0 Å². The topological polar surface area (TPSA) is 90.2 Å². The van der Waals surface area contributed by atoms with Crippen molar-refractivity contribution in [1.29, 1.82) is 0 Å². The Balaban J connectivity index is 2.09. The number of rotatable bonds is 6. The molecule has 2 rings (SSSR count). The Morgan fingerprint density at radius 2 is 2.26 bits per heavy atom. The van der Waals surface area contributed by atoms with Crippen molar-refractivity contribution < 1.29 is 9.66 Å². The number of ether oxygens (including phenoxy) is 1. The molecule has 0 radical (unpaired) electrons. The molecule has 1 aliphatic carbocycles. The third-order valence-corrected chi connectivity index (χ3v) is 3.20. The van der Waals surface area contributed by atoms with Crippen LogP contribution in [0, 0.1) is 16.0 Å². The Bertz CT molecular complexity index is 447.